The lowest BCUT2D eigenvalue weighted by atomic mass is 10.1. The molecule has 1 saturated heterocycles. The van der Waals surface area contributed by atoms with Crippen LogP contribution in [-0.2, 0) is 13.6 Å². The quantitative estimate of drug-likeness (QED) is 0.605. The second kappa shape index (κ2) is 8.70. The van der Waals surface area contributed by atoms with Crippen LogP contribution in [0.1, 0.15) is 5.56 Å². The van der Waals surface area contributed by atoms with Gasteiger partial charge in [0.15, 0.2) is 6.61 Å². The average Bonchev–Trinajstić information content (AvgIpc) is 2.75. The minimum atomic E-state index is -2.56. The van der Waals surface area contributed by atoms with Gasteiger partial charge in [0.05, 0.1) is 10.9 Å². The van der Waals surface area contributed by atoms with Crippen molar-refractivity contribution in [3.63, 3.8) is 0 Å². The van der Waals surface area contributed by atoms with Gasteiger partial charge in [-0.2, -0.15) is 0 Å². The first-order valence-corrected chi connectivity index (χ1v) is 9.64. The molecule has 8 nitrogen and oxygen atoms in total. The number of rotatable bonds is 6. The largest absolute Gasteiger partial charge is 0.471 e. The molecule has 1 aliphatic rings. The number of fused-ring (bicyclic) bond motifs is 1. The Bertz CT molecular complexity index is 1080. The second-order valence-corrected chi connectivity index (χ2v) is 7.20. The van der Waals surface area contributed by atoms with Crippen LogP contribution in [-0.4, -0.2) is 63.6 Å². The number of aromatic nitrogens is 4. The first-order valence-electron chi connectivity index (χ1n) is 9.64. The summed E-state index contributed by atoms with van der Waals surface area (Å²) >= 11 is 0. The number of anilines is 1. The van der Waals surface area contributed by atoms with Crippen molar-refractivity contribution in [1.29, 1.82) is 0 Å². The molecule has 10 heteroatoms. The Morgan fingerprint density at radius 2 is 1.93 bits per heavy atom. The van der Waals surface area contributed by atoms with Crippen LogP contribution >= 0.6 is 0 Å². The number of hydrogen-bond acceptors (Lipinski definition) is 7. The van der Waals surface area contributed by atoms with Gasteiger partial charge in [-0.3, -0.25) is 4.90 Å². The predicted molar refractivity (Wildman–Crippen MR) is 108 cm³/mol. The van der Waals surface area contributed by atoms with Crippen LogP contribution in [0.4, 0.5) is 14.5 Å². The van der Waals surface area contributed by atoms with Crippen molar-refractivity contribution in [3.8, 4) is 5.88 Å². The lowest BCUT2D eigenvalue weighted by Crippen LogP contribution is -2.46. The summed E-state index contributed by atoms with van der Waals surface area (Å²) in [5, 5.41) is 0.620. The molecule has 0 atom stereocenters. The van der Waals surface area contributed by atoms with Crippen molar-refractivity contribution in [1.82, 2.24) is 24.4 Å². The number of aryl methyl sites for hydroxylation is 1. The van der Waals surface area contributed by atoms with E-state index in [9.17, 15) is 13.6 Å². The smallest absolute Gasteiger partial charge is 0.347 e. The molecule has 0 amide bonds. The zero-order chi connectivity index (χ0) is 21.1. The zero-order valence-corrected chi connectivity index (χ0v) is 16.5. The Labute approximate surface area is 171 Å². The number of piperazine rings is 1. The van der Waals surface area contributed by atoms with E-state index in [2.05, 4.69) is 24.8 Å². The highest BCUT2D eigenvalue weighted by atomic mass is 19.3. The van der Waals surface area contributed by atoms with E-state index in [4.69, 9.17) is 4.74 Å². The molecular weight excluding hydrogens is 394 g/mol. The Hall–Kier alpha value is -3.14. The lowest BCUT2D eigenvalue weighted by Gasteiger charge is -2.36. The summed E-state index contributed by atoms with van der Waals surface area (Å²) in [4.78, 5) is 28.0. The van der Waals surface area contributed by atoms with E-state index in [1.807, 2.05) is 24.4 Å². The second-order valence-electron chi connectivity index (χ2n) is 7.20. The molecule has 0 N–H and O–H groups in total. The van der Waals surface area contributed by atoms with Gasteiger partial charge in [0.2, 0.25) is 5.88 Å². The predicted octanol–water partition coefficient (Wildman–Crippen LogP) is 1.69. The Balaban J connectivity index is 1.44. The molecule has 3 heterocycles. The van der Waals surface area contributed by atoms with Crippen LogP contribution in [0, 0.1) is 0 Å². The number of halogens is 2. The van der Waals surface area contributed by atoms with E-state index < -0.39 is 13.0 Å². The van der Waals surface area contributed by atoms with E-state index in [1.54, 1.807) is 13.2 Å². The highest BCUT2D eigenvalue weighted by Gasteiger charge is 2.19. The Morgan fingerprint density at radius 1 is 1.13 bits per heavy atom. The third-order valence-corrected chi connectivity index (χ3v) is 5.07. The van der Waals surface area contributed by atoms with Crippen molar-refractivity contribution in [3.05, 3.63) is 53.0 Å². The normalized spacial score (nSPS) is 15.1. The third-order valence-electron chi connectivity index (χ3n) is 5.07. The standard InChI is InChI=1S/C20H22F2N6O2/c1-26-10-14(9-23-20(26)29)11-27-4-6-28(7-5-27)15-2-3-17-16(8-15)19(25-13-24-17)30-12-18(21)22/h2-3,8-10,13,18H,4-7,11-12H2,1H3. The number of ether oxygens (including phenoxy) is 1. The summed E-state index contributed by atoms with van der Waals surface area (Å²) in [5.41, 5.74) is 2.36. The molecule has 158 valence electrons. The number of hydrogen-bond donors (Lipinski definition) is 0. The molecule has 0 unspecified atom stereocenters. The molecule has 3 aromatic rings. The minimum Gasteiger partial charge on any atom is -0.471 e. The summed E-state index contributed by atoms with van der Waals surface area (Å²) < 4.78 is 31.7. The maximum absolute atomic E-state index is 12.5. The average molecular weight is 416 g/mol. The molecule has 0 aliphatic carbocycles. The molecule has 1 aromatic carbocycles. The minimum absolute atomic E-state index is 0.169. The molecular formula is C20H22F2N6O2. The van der Waals surface area contributed by atoms with Crippen LogP contribution in [0.3, 0.4) is 0 Å². The molecule has 0 spiro atoms. The summed E-state index contributed by atoms with van der Waals surface area (Å²) in [6, 6.07) is 5.71. The van der Waals surface area contributed by atoms with Gasteiger partial charge in [0.25, 0.3) is 6.43 Å². The molecule has 2 aromatic heterocycles. The first-order chi connectivity index (χ1) is 14.5. The van der Waals surface area contributed by atoms with E-state index in [-0.39, 0.29) is 11.6 Å². The van der Waals surface area contributed by atoms with Crippen LogP contribution in [0.15, 0.2) is 41.7 Å². The Morgan fingerprint density at radius 3 is 2.67 bits per heavy atom. The van der Waals surface area contributed by atoms with Gasteiger partial charge in [-0.15, -0.1) is 0 Å². The zero-order valence-electron chi connectivity index (χ0n) is 16.5. The highest BCUT2D eigenvalue weighted by molar-refractivity contribution is 5.86. The molecule has 0 saturated carbocycles. The monoisotopic (exact) mass is 416 g/mol. The maximum Gasteiger partial charge on any atom is 0.347 e. The van der Waals surface area contributed by atoms with Gasteiger partial charge in [0.1, 0.15) is 6.33 Å². The number of alkyl halides is 2. The number of benzene rings is 1. The maximum atomic E-state index is 12.5. The van der Waals surface area contributed by atoms with E-state index in [0.29, 0.717) is 10.9 Å². The van der Waals surface area contributed by atoms with Crippen LogP contribution in [0.5, 0.6) is 5.88 Å². The van der Waals surface area contributed by atoms with Gasteiger partial charge in [-0.05, 0) is 18.2 Å². The summed E-state index contributed by atoms with van der Waals surface area (Å²) in [5.74, 6) is 0.169. The lowest BCUT2D eigenvalue weighted by molar-refractivity contribution is 0.0804. The summed E-state index contributed by atoms with van der Waals surface area (Å²) in [6.07, 6.45) is 2.19. The van der Waals surface area contributed by atoms with Crippen LogP contribution in [0.2, 0.25) is 0 Å². The van der Waals surface area contributed by atoms with Crippen molar-refractivity contribution in [2.24, 2.45) is 7.05 Å². The topological polar surface area (TPSA) is 76.4 Å². The molecule has 4 rings (SSSR count). The van der Waals surface area contributed by atoms with Crippen LogP contribution < -0.4 is 15.3 Å². The van der Waals surface area contributed by atoms with Crippen molar-refractivity contribution in [2.45, 2.75) is 13.0 Å². The molecule has 0 radical (unpaired) electrons. The SMILES string of the molecule is Cn1cc(CN2CCN(c3ccc4ncnc(OCC(F)F)c4c3)CC2)cnc1=O. The van der Waals surface area contributed by atoms with Crippen molar-refractivity contribution >= 4 is 16.6 Å². The molecule has 1 aliphatic heterocycles. The number of nitrogens with zero attached hydrogens (tertiary/aromatic N) is 6. The van der Waals surface area contributed by atoms with Gasteiger partial charge >= 0.3 is 5.69 Å². The fraction of sp³-hybridized carbons (Fsp3) is 0.400. The molecule has 0 bridgehead atoms. The van der Waals surface area contributed by atoms with Gasteiger partial charge in [-0.1, -0.05) is 0 Å². The van der Waals surface area contributed by atoms with Gasteiger partial charge in [0, 0.05) is 63.4 Å². The van der Waals surface area contributed by atoms with Crippen LogP contribution in [0.25, 0.3) is 10.9 Å². The summed E-state index contributed by atoms with van der Waals surface area (Å²) in [6.45, 7) is 3.35. The van der Waals surface area contributed by atoms with E-state index in [0.717, 1.165) is 44.0 Å². The fourth-order valence-corrected chi connectivity index (χ4v) is 3.55. The molecule has 1 fully saturated rings. The van der Waals surface area contributed by atoms with Gasteiger partial charge < -0.3 is 14.2 Å². The highest BCUT2D eigenvalue weighted by Crippen LogP contribution is 2.27. The molecule has 30 heavy (non-hydrogen) atoms. The Kier molecular flexibility index (Phi) is 5.84. The van der Waals surface area contributed by atoms with E-state index >= 15 is 0 Å². The summed E-state index contributed by atoms with van der Waals surface area (Å²) in [7, 11) is 1.69. The van der Waals surface area contributed by atoms with Crippen molar-refractivity contribution in [2.75, 3.05) is 37.7 Å². The first kappa shape index (κ1) is 20.1. The third kappa shape index (κ3) is 4.54. The van der Waals surface area contributed by atoms with Gasteiger partial charge in [-0.25, -0.2) is 28.5 Å². The van der Waals surface area contributed by atoms with Crippen molar-refractivity contribution < 1.29 is 13.5 Å². The fourth-order valence-electron chi connectivity index (χ4n) is 3.55. The van der Waals surface area contributed by atoms with E-state index in [1.165, 1.54) is 10.9 Å².